The minimum absolute atomic E-state index is 0.197. The Morgan fingerprint density at radius 3 is 2.21 bits per heavy atom. The molecule has 11 heteroatoms. The molecule has 3 fully saturated rings. The Morgan fingerprint density at radius 1 is 0.949 bits per heavy atom. The van der Waals surface area contributed by atoms with Crippen LogP contribution < -0.4 is 5.06 Å². The lowest BCUT2D eigenvalue weighted by molar-refractivity contribution is -0.169. The highest BCUT2D eigenvalue weighted by molar-refractivity contribution is 6.00. The van der Waals surface area contributed by atoms with Crippen molar-refractivity contribution in [1.82, 2.24) is 0 Å². The van der Waals surface area contributed by atoms with Crippen LogP contribution in [0.4, 0.5) is 27.6 Å². The van der Waals surface area contributed by atoms with Crippen molar-refractivity contribution in [2.45, 2.75) is 56.5 Å². The number of hydroxylamine groups is 1. The van der Waals surface area contributed by atoms with E-state index in [-0.39, 0.29) is 12.1 Å². The van der Waals surface area contributed by atoms with Crippen molar-refractivity contribution in [2.75, 3.05) is 5.06 Å². The summed E-state index contributed by atoms with van der Waals surface area (Å²) >= 11 is 0. The van der Waals surface area contributed by atoms with Gasteiger partial charge in [0.25, 0.3) is 0 Å². The van der Waals surface area contributed by atoms with E-state index in [0.717, 1.165) is 5.06 Å². The molecule has 0 bridgehead atoms. The molecule has 7 atom stereocenters. The van der Waals surface area contributed by atoms with Gasteiger partial charge in [-0.05, 0) is 50.0 Å². The molecule has 1 saturated carbocycles. The standard InChI is InChI=1S/C28H24F5NO5/c1-13-8-9-15-24(26(2)17(35)10-11-28(13,26)37)38-25(36)27(15)12-16(34(39-27)14-6-4-3-5-7-14)18-19(29)21(31)23(33)22(32)20(18)30/h3-7,10-11,13,15-16,24,37H,8-9,12H2,1-2H3/t13-,15+,16?,24+,26-,27-,28+/m0/s1. The van der Waals surface area contributed by atoms with E-state index in [4.69, 9.17) is 9.57 Å². The van der Waals surface area contributed by atoms with Crippen LogP contribution in [0.1, 0.15) is 44.7 Å². The molecule has 2 saturated heterocycles. The first-order valence-corrected chi connectivity index (χ1v) is 12.6. The Kier molecular flexibility index (Phi) is 5.55. The molecule has 2 aliphatic heterocycles. The predicted octanol–water partition coefficient (Wildman–Crippen LogP) is 4.85. The van der Waals surface area contributed by atoms with Crippen molar-refractivity contribution in [3.63, 3.8) is 0 Å². The molecular weight excluding hydrogens is 525 g/mol. The van der Waals surface area contributed by atoms with Crippen molar-refractivity contribution in [3.05, 3.63) is 77.1 Å². The van der Waals surface area contributed by atoms with Gasteiger partial charge in [0, 0.05) is 12.3 Å². The Balaban J connectivity index is 1.52. The van der Waals surface area contributed by atoms with Crippen molar-refractivity contribution in [2.24, 2.45) is 17.3 Å². The summed E-state index contributed by atoms with van der Waals surface area (Å²) in [5, 5.41) is 12.6. The second-order valence-electron chi connectivity index (χ2n) is 11.0. The van der Waals surface area contributed by atoms with E-state index in [1.165, 1.54) is 31.2 Å². The monoisotopic (exact) mass is 549 g/mol. The fourth-order valence-electron chi connectivity index (χ4n) is 6.97. The van der Waals surface area contributed by atoms with E-state index in [1.807, 2.05) is 0 Å². The van der Waals surface area contributed by atoms with Crippen molar-refractivity contribution < 1.29 is 46.2 Å². The highest BCUT2D eigenvalue weighted by atomic mass is 19.2. The molecule has 1 N–H and O–H groups in total. The average Bonchev–Trinajstić information content (AvgIpc) is 3.51. The van der Waals surface area contributed by atoms with E-state index in [2.05, 4.69) is 0 Å². The fraction of sp³-hybridized carbons (Fsp3) is 0.429. The maximum absolute atomic E-state index is 15.1. The third-order valence-corrected chi connectivity index (χ3v) is 9.24. The van der Waals surface area contributed by atoms with Gasteiger partial charge in [-0.25, -0.2) is 31.8 Å². The molecule has 2 aliphatic carbocycles. The second-order valence-corrected chi connectivity index (χ2v) is 11.0. The van der Waals surface area contributed by atoms with E-state index >= 15 is 8.78 Å². The highest BCUT2D eigenvalue weighted by Gasteiger charge is 2.74. The number of anilines is 1. The van der Waals surface area contributed by atoms with Gasteiger partial charge in [-0.3, -0.25) is 9.63 Å². The Hall–Kier alpha value is -3.31. The van der Waals surface area contributed by atoms with E-state index in [9.17, 15) is 27.9 Å². The number of benzene rings is 2. The van der Waals surface area contributed by atoms with Crippen LogP contribution in [0.2, 0.25) is 0 Å². The van der Waals surface area contributed by atoms with Crippen LogP contribution >= 0.6 is 0 Å². The van der Waals surface area contributed by atoms with Crippen LogP contribution in [0.25, 0.3) is 0 Å². The predicted molar refractivity (Wildman–Crippen MR) is 125 cm³/mol. The SMILES string of the molecule is C[C@H]1CC[C@@H]2[C@@H](OC(=O)[C@]23CC(c2c(F)c(F)c(F)c(F)c2F)N(c2ccccc2)O3)[C@]2(C)C(=O)C=C[C@@]12O. The van der Waals surface area contributed by atoms with E-state index in [0.29, 0.717) is 6.42 Å². The van der Waals surface area contributed by atoms with Crippen LogP contribution in [-0.4, -0.2) is 34.2 Å². The Morgan fingerprint density at radius 2 is 1.56 bits per heavy atom. The van der Waals surface area contributed by atoms with Crippen LogP contribution in [0.5, 0.6) is 0 Å². The highest BCUT2D eigenvalue weighted by Crippen LogP contribution is 2.61. The third kappa shape index (κ3) is 3.14. The number of carbonyl (C=O) groups excluding carboxylic acids is 2. The lowest BCUT2D eigenvalue weighted by Crippen LogP contribution is -2.57. The number of rotatable bonds is 2. The second kappa shape index (κ2) is 8.34. The summed E-state index contributed by atoms with van der Waals surface area (Å²) < 4.78 is 78.5. The van der Waals surface area contributed by atoms with Gasteiger partial charge < -0.3 is 9.84 Å². The fourth-order valence-corrected chi connectivity index (χ4v) is 6.97. The van der Waals surface area contributed by atoms with E-state index < -0.39 is 93.4 Å². The Bertz CT molecular complexity index is 1410. The number of ketones is 1. The van der Waals surface area contributed by atoms with Crippen LogP contribution in [-0.2, 0) is 19.2 Å². The van der Waals surface area contributed by atoms with Crippen LogP contribution in [0.3, 0.4) is 0 Å². The smallest absolute Gasteiger partial charge is 0.342 e. The zero-order valence-electron chi connectivity index (χ0n) is 20.9. The number of para-hydroxylation sites is 1. The first-order valence-electron chi connectivity index (χ1n) is 12.6. The summed E-state index contributed by atoms with van der Waals surface area (Å²) in [6.07, 6.45) is 1.53. The number of allylic oxidation sites excluding steroid dienone is 1. The number of ether oxygens (including phenoxy) is 1. The van der Waals surface area contributed by atoms with Crippen molar-refractivity contribution >= 4 is 17.4 Å². The number of fused-ring (bicyclic) bond motifs is 4. The molecule has 2 aromatic rings. The molecule has 0 aromatic heterocycles. The molecule has 2 heterocycles. The van der Waals surface area contributed by atoms with Crippen molar-refractivity contribution in [3.8, 4) is 0 Å². The quantitative estimate of drug-likeness (QED) is 0.250. The molecule has 0 amide bonds. The first-order chi connectivity index (χ1) is 18.4. The number of hydrogen-bond acceptors (Lipinski definition) is 6. The molecule has 0 radical (unpaired) electrons. The number of halogens is 5. The third-order valence-electron chi connectivity index (χ3n) is 9.24. The number of aliphatic hydroxyl groups is 1. The summed E-state index contributed by atoms with van der Waals surface area (Å²) in [6, 6.07) is 6.17. The summed E-state index contributed by atoms with van der Waals surface area (Å²) in [6.45, 7) is 3.27. The van der Waals surface area contributed by atoms with Gasteiger partial charge in [0.05, 0.1) is 22.7 Å². The van der Waals surface area contributed by atoms with Gasteiger partial charge in [-0.2, -0.15) is 0 Å². The summed E-state index contributed by atoms with van der Waals surface area (Å²) in [5.74, 6) is -13.3. The largest absolute Gasteiger partial charge is 0.459 e. The minimum Gasteiger partial charge on any atom is -0.459 e. The number of hydrogen-bond donors (Lipinski definition) is 1. The molecule has 1 unspecified atom stereocenters. The van der Waals surface area contributed by atoms with Gasteiger partial charge in [-0.15, -0.1) is 0 Å². The molecule has 6 rings (SSSR count). The maximum atomic E-state index is 15.1. The zero-order valence-corrected chi connectivity index (χ0v) is 20.9. The molecule has 4 aliphatic rings. The maximum Gasteiger partial charge on any atom is 0.342 e. The minimum atomic E-state index is -2.30. The van der Waals surface area contributed by atoms with Crippen molar-refractivity contribution in [1.29, 1.82) is 0 Å². The number of carbonyl (C=O) groups is 2. The molecular formula is C28H24F5NO5. The van der Waals surface area contributed by atoms with Gasteiger partial charge in [0.1, 0.15) is 11.7 Å². The number of esters is 1. The molecule has 39 heavy (non-hydrogen) atoms. The number of nitrogens with zero attached hydrogens (tertiary/aromatic N) is 1. The van der Waals surface area contributed by atoms with Gasteiger partial charge in [-0.1, -0.05) is 25.1 Å². The summed E-state index contributed by atoms with van der Waals surface area (Å²) in [7, 11) is 0. The van der Waals surface area contributed by atoms with Crippen LogP contribution in [0.15, 0.2) is 42.5 Å². The summed E-state index contributed by atoms with van der Waals surface area (Å²) in [5.41, 5.74) is -6.08. The normalized spacial score (nSPS) is 37.3. The molecule has 2 aromatic carbocycles. The van der Waals surface area contributed by atoms with E-state index in [1.54, 1.807) is 25.1 Å². The lowest BCUT2D eigenvalue weighted by atomic mass is 9.63. The average molecular weight is 549 g/mol. The molecule has 206 valence electrons. The van der Waals surface area contributed by atoms with Gasteiger partial charge in [0.2, 0.25) is 11.4 Å². The van der Waals surface area contributed by atoms with Gasteiger partial charge in [0.15, 0.2) is 29.1 Å². The summed E-state index contributed by atoms with van der Waals surface area (Å²) in [4.78, 5) is 33.0. The Labute approximate surface area is 220 Å². The lowest BCUT2D eigenvalue weighted by Gasteiger charge is -2.43. The molecule has 1 spiro atoms. The zero-order chi connectivity index (χ0) is 28.1. The molecule has 6 nitrogen and oxygen atoms in total. The topological polar surface area (TPSA) is 76.1 Å². The van der Waals surface area contributed by atoms with Gasteiger partial charge >= 0.3 is 5.97 Å². The first kappa shape index (κ1) is 25.9. The van der Waals surface area contributed by atoms with Crippen LogP contribution in [0, 0.1) is 46.3 Å².